The number of carboxylic acids is 3. The van der Waals surface area contributed by atoms with Crippen LogP contribution < -0.4 is 27.0 Å². The quantitative estimate of drug-likeness (QED) is 0.0275. The second kappa shape index (κ2) is 37.4. The number of H-pyrrole nitrogens is 4. The molecule has 1 aliphatic rings. The fourth-order valence-electron chi connectivity index (χ4n) is 18.8. The first-order valence-corrected chi connectivity index (χ1v) is 47.7. The van der Waals surface area contributed by atoms with Crippen molar-refractivity contribution >= 4 is 200 Å². The van der Waals surface area contributed by atoms with E-state index in [9.17, 15) is 62.1 Å². The zero-order valence-electron chi connectivity index (χ0n) is 75.7. The highest BCUT2D eigenvalue weighted by molar-refractivity contribution is 9.10. The second-order valence-electron chi connectivity index (χ2n) is 34.5. The molecule has 8 N–H and O–H groups in total. The molecular formula is C105H73BrCl3F4N13O17S. The van der Waals surface area contributed by atoms with Gasteiger partial charge in [-0.2, -0.15) is 5.10 Å². The van der Waals surface area contributed by atoms with Crippen molar-refractivity contribution in [2.24, 2.45) is 0 Å². The minimum atomic E-state index is -4.11. The van der Waals surface area contributed by atoms with Crippen LogP contribution in [0.3, 0.4) is 0 Å². The summed E-state index contributed by atoms with van der Waals surface area (Å²) in [5.74, 6) is -7.07. The van der Waals surface area contributed by atoms with E-state index in [1.165, 1.54) is 127 Å². The van der Waals surface area contributed by atoms with Crippen LogP contribution in [-0.4, -0.2) is 111 Å². The Bertz CT molecular complexity index is 9630. The van der Waals surface area contributed by atoms with Gasteiger partial charge in [-0.05, 0) is 185 Å². The van der Waals surface area contributed by atoms with Crippen molar-refractivity contribution in [2.75, 3.05) is 0 Å². The fourth-order valence-corrected chi connectivity index (χ4v) is 20.5. The summed E-state index contributed by atoms with van der Waals surface area (Å²) >= 11 is 23.0. The van der Waals surface area contributed by atoms with E-state index in [1.54, 1.807) is 87.6 Å². The Morgan fingerprint density at radius 3 is 1.40 bits per heavy atom. The lowest BCUT2D eigenvalue weighted by atomic mass is 10.0. The highest BCUT2D eigenvalue weighted by Gasteiger charge is 2.37. The number of carbonyl (C=O) groups is 4. The van der Waals surface area contributed by atoms with E-state index >= 15 is 17.6 Å². The van der Waals surface area contributed by atoms with Crippen molar-refractivity contribution in [3.63, 3.8) is 0 Å². The average Bonchev–Trinajstić information content (AvgIpc) is 1.57. The zero-order valence-corrected chi connectivity index (χ0v) is 80.4. The van der Waals surface area contributed by atoms with E-state index in [4.69, 9.17) is 52.5 Å². The van der Waals surface area contributed by atoms with Crippen LogP contribution in [0.4, 0.5) is 17.6 Å². The van der Waals surface area contributed by atoms with Crippen molar-refractivity contribution in [1.82, 2.24) is 62.7 Å². The van der Waals surface area contributed by atoms with Crippen LogP contribution in [0.25, 0.3) is 160 Å². The lowest BCUT2D eigenvalue weighted by Gasteiger charge is -2.15. The summed E-state index contributed by atoms with van der Waals surface area (Å²) in [6, 6.07) is 46.0. The number of nitrogens with one attached hydrogen (secondary N) is 5. The minimum absolute atomic E-state index is 0.0253. The number of halogens is 8. The Morgan fingerprint density at radius 2 is 0.924 bits per heavy atom. The van der Waals surface area contributed by atoms with Crippen LogP contribution >= 0.6 is 50.7 Å². The molecule has 1 amide bonds. The Hall–Kier alpha value is -16.7. The number of hydrogen-bond acceptors (Lipinski definition) is 17. The summed E-state index contributed by atoms with van der Waals surface area (Å²) in [4.78, 5) is 122. The van der Waals surface area contributed by atoms with E-state index < -0.39 is 84.6 Å². The van der Waals surface area contributed by atoms with Gasteiger partial charge in [0.05, 0.1) is 142 Å². The Morgan fingerprint density at radius 1 is 0.486 bits per heavy atom. The number of aromatic carboxylic acids is 3. The number of nitrogens with zero attached hydrogens (tertiary/aromatic N) is 8. The van der Waals surface area contributed by atoms with E-state index in [-0.39, 0.29) is 165 Å². The highest BCUT2D eigenvalue weighted by Crippen LogP contribution is 2.48. The van der Waals surface area contributed by atoms with Crippen LogP contribution in [0.1, 0.15) is 109 Å². The number of aromatic amines is 4. The molecule has 22 aromatic rings. The molecule has 0 bridgehead atoms. The molecule has 1 aliphatic carbocycles. The molecule has 15 aromatic heterocycles. The van der Waals surface area contributed by atoms with Crippen molar-refractivity contribution in [1.29, 1.82) is 0 Å². The zero-order chi connectivity index (χ0) is 101. The average molecular weight is 2080 g/mol. The Labute approximate surface area is 830 Å². The van der Waals surface area contributed by atoms with Gasteiger partial charge in [-0.15, -0.1) is 0 Å². The van der Waals surface area contributed by atoms with Crippen molar-refractivity contribution < 1.29 is 78.1 Å². The van der Waals surface area contributed by atoms with Gasteiger partial charge in [-0.3, -0.25) is 24.0 Å². The monoisotopic (exact) mass is 2080 g/mol. The third kappa shape index (κ3) is 16.5. The third-order valence-electron chi connectivity index (χ3n) is 25.3. The van der Waals surface area contributed by atoms with Crippen molar-refractivity contribution in [3.05, 3.63) is 372 Å². The molecule has 0 saturated heterocycles. The number of aryl methyl sites for hydroxylation is 1. The maximum absolute atomic E-state index is 15.2. The normalized spacial score (nSPS) is 12.1. The topological polar surface area (TPSA) is 422 Å². The number of fused-ring (bicyclic) bond motifs is 15. The van der Waals surface area contributed by atoms with Gasteiger partial charge in [0, 0.05) is 96.9 Å². The molecule has 7 aromatic carbocycles. The van der Waals surface area contributed by atoms with Crippen LogP contribution in [0.2, 0.25) is 15.3 Å². The molecule has 144 heavy (non-hydrogen) atoms. The summed E-state index contributed by atoms with van der Waals surface area (Å²) in [5.41, 5.74) is 6.82. The van der Waals surface area contributed by atoms with E-state index in [1.807, 2.05) is 68.5 Å². The van der Waals surface area contributed by atoms with Crippen LogP contribution in [-0.2, 0) is 42.6 Å². The van der Waals surface area contributed by atoms with Crippen molar-refractivity contribution in [2.45, 2.75) is 78.5 Å². The smallest absolute Gasteiger partial charge is 0.353 e. The number of para-hydroxylation sites is 1. The predicted octanol–water partition coefficient (Wildman–Crippen LogP) is 22.8. The maximum Gasteiger partial charge on any atom is 0.353 e. The number of amides is 1. The Kier molecular flexibility index (Phi) is 24.7. The van der Waals surface area contributed by atoms with Gasteiger partial charge >= 0.3 is 17.9 Å². The molecule has 30 nitrogen and oxygen atoms in total. The molecule has 0 fully saturated rings. The molecule has 0 atom stereocenters. The minimum Gasteiger partial charge on any atom is -0.477 e. The lowest BCUT2D eigenvalue weighted by Crippen LogP contribution is -2.37. The summed E-state index contributed by atoms with van der Waals surface area (Å²) in [6.45, 7) is 8.34. The number of benzene rings is 7. The summed E-state index contributed by atoms with van der Waals surface area (Å²) in [5, 5.41) is 39.4. The maximum atomic E-state index is 15.2. The molecule has 0 unspecified atom stereocenters. The Balaban J connectivity index is 0.000000117. The van der Waals surface area contributed by atoms with Gasteiger partial charge in [0.2, 0.25) is 10.0 Å². The van der Waals surface area contributed by atoms with Crippen LogP contribution in [0.15, 0.2) is 273 Å². The number of carbonyl (C=O) groups excluding carboxylic acids is 1. The molecule has 0 spiro atoms. The molecule has 23 rings (SSSR count). The van der Waals surface area contributed by atoms with Gasteiger partial charge in [0.15, 0.2) is 5.65 Å². The number of sulfonamides is 1. The predicted molar refractivity (Wildman–Crippen MR) is 542 cm³/mol. The van der Waals surface area contributed by atoms with Gasteiger partial charge < -0.3 is 71.2 Å². The van der Waals surface area contributed by atoms with E-state index in [2.05, 4.69) is 55.7 Å². The standard InChI is InChI=1S/C27H23F2N3O5S.C26H16BrFN2O4.C26H15Cl2N3O4.C26H19ClFN5O4/c1-14(2)38(35,36)31-27(34)24-21(18-8-5-10-30-26(18)33)22-20(12-19(28)17-9-11-37-25(17)22)32(24)13-16-7-4-6-15(3)23(16)29;27-18-5-1-3-14-9-13(10-17(14)18)12-30-20-11-19(28)15-6-8-34-24(15)22(20)21(23(30)26(32)33)16-4-2-7-29-25(16)31;27-17-12-35-23-15(17)7-8-19-21(23)20(16-5-3-9-29-25(16)32)22(26(33)34)31(19)11-14-10-13-4-1-2-6-18(13)30-24(14)28;1-12(2)33-24-13(10-30-33)8-14(23(27)31-24)11-32-18-9-17(28)15-5-7-37-22(15)20(18)19(21(32)26(35)36)16-4-3-6-29-25(16)34/h4-12,14H,13H2,1-3H3,(H,30,33)(H,31,34);1-9,11H,10,12H2,(H,29,31)(H,32,33);1-10,12H,11H2,(H,29,32)(H,33,34);3-10,12H,11H2,1-2H3,(H,29,34)(H,35,36). The van der Waals surface area contributed by atoms with Crippen molar-refractivity contribution in [3.8, 4) is 44.5 Å². The summed E-state index contributed by atoms with van der Waals surface area (Å²) < 4.78 is 119. The number of allylic oxidation sites excluding steroid dienone is 1. The lowest BCUT2D eigenvalue weighted by molar-refractivity contribution is 0.0676. The second-order valence-corrected chi connectivity index (χ2v) is 38.7. The number of hydrogen-bond donors (Lipinski definition) is 8. The van der Waals surface area contributed by atoms with Gasteiger partial charge in [-0.1, -0.05) is 105 Å². The molecule has 39 heteroatoms. The van der Waals surface area contributed by atoms with Gasteiger partial charge in [0.1, 0.15) is 84.9 Å². The first kappa shape index (κ1) is 94.9. The summed E-state index contributed by atoms with van der Waals surface area (Å²) in [6.07, 6.45) is 15.5. The molecule has 722 valence electrons. The molecular weight excluding hydrogens is 2010 g/mol. The first-order chi connectivity index (χ1) is 69.1. The molecule has 15 heterocycles. The van der Waals surface area contributed by atoms with Gasteiger partial charge in [0.25, 0.3) is 28.1 Å². The fraction of sp³-hybridized carbons (Fsp3) is 0.114. The number of rotatable bonds is 19. The van der Waals surface area contributed by atoms with Gasteiger partial charge in [-0.25, -0.2) is 59.7 Å². The number of furan rings is 4. The van der Waals surface area contributed by atoms with Crippen LogP contribution in [0, 0.1) is 30.2 Å². The highest BCUT2D eigenvalue weighted by atomic mass is 79.9. The molecule has 0 radical (unpaired) electrons. The number of pyridine rings is 6. The first-order valence-electron chi connectivity index (χ1n) is 44.3. The van der Waals surface area contributed by atoms with E-state index in [0.29, 0.717) is 71.9 Å². The van der Waals surface area contributed by atoms with E-state index in [0.717, 1.165) is 43.5 Å². The molecule has 0 saturated carbocycles. The van der Waals surface area contributed by atoms with Crippen LogP contribution in [0.5, 0.6) is 0 Å². The molecule has 0 aliphatic heterocycles. The number of aromatic nitrogens is 12. The SMILES string of the molecule is CC(C)n1ncc2cc(Cn3c(C(=O)O)c(-c4ccc[nH]c4=O)c4c5occc5c(F)cc43)c(Cl)nc21.Cc1cccc(Cn2c(C(=O)NS(=O)(=O)C(C)C)c(-c3ccc[nH]c3=O)c3c4occc4c(F)cc32)c1F.O=C(O)c1c(-c2ccc[nH]c2=O)c2c3occ(Cl)c3ccc2n1Cc1cc2ccccc2nc1Cl.O=C(O)c1c(-c2ccc[nH]c2=O)c2c3occc3c(F)cc2n1CC1=Cc2cccc(Br)c2C1. The number of carboxylic acid groups (broad SMARTS) is 3. The summed E-state index contributed by atoms with van der Waals surface area (Å²) in [7, 11) is -4.11. The third-order valence-corrected chi connectivity index (χ3v) is 28.7. The largest absolute Gasteiger partial charge is 0.477 e.